The predicted molar refractivity (Wildman–Crippen MR) is 44.4 cm³/mol. The molecule has 1 aromatic carbocycles. The van der Waals surface area contributed by atoms with Gasteiger partial charge in [0.15, 0.2) is 0 Å². The molecule has 1 aliphatic rings. The number of hydrogen-bond acceptors (Lipinski definition) is 3. The lowest BCUT2D eigenvalue weighted by Crippen LogP contribution is -2.18. The van der Waals surface area contributed by atoms with Crippen LogP contribution in [0.2, 0.25) is 0 Å². The number of nitrogens with two attached hydrogens (primary N) is 1. The van der Waals surface area contributed by atoms with Gasteiger partial charge in [0.25, 0.3) is 0 Å². The number of rotatable bonds is 0. The van der Waals surface area contributed by atoms with Crippen molar-refractivity contribution in [2.24, 2.45) is 5.84 Å². The number of hydrazine groups is 1. The SMILES string of the molecule is NN1SCc2ccccc21. The highest BCUT2D eigenvalue weighted by molar-refractivity contribution is 8.00. The second kappa shape index (κ2) is 2.18. The summed E-state index contributed by atoms with van der Waals surface area (Å²) in [4.78, 5) is 0. The fourth-order valence-corrected chi connectivity index (χ4v) is 1.90. The molecule has 0 aromatic heterocycles. The molecule has 0 bridgehead atoms. The van der Waals surface area contributed by atoms with Gasteiger partial charge in [-0.2, -0.15) is 0 Å². The first-order valence-electron chi connectivity index (χ1n) is 3.13. The van der Waals surface area contributed by atoms with Gasteiger partial charge in [0.1, 0.15) is 0 Å². The lowest BCUT2D eigenvalue weighted by Gasteiger charge is -2.07. The number of nitrogens with zero attached hydrogens (tertiary/aromatic N) is 1. The van der Waals surface area contributed by atoms with Crippen LogP contribution in [0.1, 0.15) is 5.56 Å². The first kappa shape index (κ1) is 6.07. The molecule has 0 radical (unpaired) electrons. The second-order valence-electron chi connectivity index (χ2n) is 2.23. The maximum absolute atomic E-state index is 5.64. The highest BCUT2D eigenvalue weighted by atomic mass is 32.2. The molecule has 3 heteroatoms. The normalized spacial score (nSPS) is 15.5. The third-order valence-corrected chi connectivity index (χ3v) is 2.50. The van der Waals surface area contributed by atoms with Crippen LogP contribution in [0.5, 0.6) is 0 Å². The lowest BCUT2D eigenvalue weighted by molar-refractivity contribution is 1.22. The van der Waals surface area contributed by atoms with Crippen LogP contribution in [0, 0.1) is 0 Å². The summed E-state index contributed by atoms with van der Waals surface area (Å²) in [7, 11) is 0. The molecule has 2 rings (SSSR count). The summed E-state index contributed by atoms with van der Waals surface area (Å²) in [5.74, 6) is 6.65. The van der Waals surface area contributed by atoms with Gasteiger partial charge in [0.05, 0.1) is 5.69 Å². The number of anilines is 1. The predicted octanol–water partition coefficient (Wildman–Crippen LogP) is 1.53. The van der Waals surface area contributed by atoms with Crippen molar-refractivity contribution in [2.75, 3.05) is 4.41 Å². The minimum Gasteiger partial charge on any atom is -0.253 e. The molecule has 52 valence electrons. The van der Waals surface area contributed by atoms with Crippen LogP contribution in [0.4, 0.5) is 5.69 Å². The molecule has 10 heavy (non-hydrogen) atoms. The van der Waals surface area contributed by atoms with Crippen LogP contribution in [0.15, 0.2) is 24.3 Å². The maximum atomic E-state index is 5.64. The zero-order valence-corrected chi connectivity index (χ0v) is 6.27. The smallest absolute Gasteiger partial charge is 0.0686 e. The summed E-state index contributed by atoms with van der Waals surface area (Å²) in [6.07, 6.45) is 0. The topological polar surface area (TPSA) is 29.3 Å². The van der Waals surface area contributed by atoms with Crippen LogP contribution in [0.25, 0.3) is 0 Å². The van der Waals surface area contributed by atoms with Crippen LogP contribution in [-0.4, -0.2) is 0 Å². The van der Waals surface area contributed by atoms with Gasteiger partial charge in [0.2, 0.25) is 0 Å². The minimum atomic E-state index is 1.01. The van der Waals surface area contributed by atoms with Crippen LogP contribution < -0.4 is 10.3 Å². The largest absolute Gasteiger partial charge is 0.253 e. The molecule has 1 heterocycles. The monoisotopic (exact) mass is 152 g/mol. The maximum Gasteiger partial charge on any atom is 0.0686 e. The van der Waals surface area contributed by atoms with Crippen molar-refractivity contribution < 1.29 is 0 Å². The Kier molecular flexibility index (Phi) is 1.32. The van der Waals surface area contributed by atoms with E-state index in [1.807, 2.05) is 18.2 Å². The van der Waals surface area contributed by atoms with E-state index < -0.39 is 0 Å². The van der Waals surface area contributed by atoms with E-state index in [0.717, 1.165) is 11.4 Å². The Morgan fingerprint density at radius 2 is 2.20 bits per heavy atom. The lowest BCUT2D eigenvalue weighted by atomic mass is 10.2. The molecule has 1 aliphatic heterocycles. The Hall–Kier alpha value is -0.670. The van der Waals surface area contributed by atoms with Crippen LogP contribution >= 0.6 is 11.9 Å². The van der Waals surface area contributed by atoms with E-state index in [1.54, 1.807) is 16.4 Å². The Labute approximate surface area is 64.1 Å². The summed E-state index contributed by atoms with van der Waals surface area (Å²) in [5.41, 5.74) is 2.47. The van der Waals surface area contributed by atoms with Crippen LogP contribution in [0.3, 0.4) is 0 Å². The van der Waals surface area contributed by atoms with Crippen LogP contribution in [-0.2, 0) is 5.75 Å². The van der Waals surface area contributed by atoms with Gasteiger partial charge in [-0.3, -0.25) is 4.41 Å². The van der Waals surface area contributed by atoms with Gasteiger partial charge in [0, 0.05) is 5.75 Å². The van der Waals surface area contributed by atoms with Gasteiger partial charge in [-0.25, -0.2) is 5.84 Å². The molecule has 1 aromatic rings. The molecule has 2 nitrogen and oxygen atoms in total. The highest BCUT2D eigenvalue weighted by Gasteiger charge is 2.14. The molecule has 0 fully saturated rings. The molecular weight excluding hydrogens is 144 g/mol. The Morgan fingerprint density at radius 1 is 1.40 bits per heavy atom. The van der Waals surface area contributed by atoms with Gasteiger partial charge in [-0.15, -0.1) is 0 Å². The molecule has 0 amide bonds. The summed E-state index contributed by atoms with van der Waals surface area (Å²) in [6, 6.07) is 8.19. The Morgan fingerprint density at radius 3 is 3.00 bits per heavy atom. The Bertz CT molecular complexity index is 249. The molecule has 0 spiro atoms. The third kappa shape index (κ3) is 0.786. The van der Waals surface area contributed by atoms with Crippen molar-refractivity contribution in [3.8, 4) is 0 Å². The van der Waals surface area contributed by atoms with Gasteiger partial charge in [-0.1, -0.05) is 18.2 Å². The molecule has 0 saturated heterocycles. The minimum absolute atomic E-state index is 1.01. The van der Waals surface area contributed by atoms with E-state index in [1.165, 1.54) is 5.56 Å². The van der Waals surface area contributed by atoms with Crippen molar-refractivity contribution in [1.82, 2.24) is 0 Å². The Balaban J connectivity index is 2.51. The van der Waals surface area contributed by atoms with E-state index in [2.05, 4.69) is 6.07 Å². The molecule has 0 saturated carbocycles. The standard InChI is InChI=1S/C7H8N2S/c8-9-7-4-2-1-3-6(7)5-10-9/h1-4H,5,8H2. The van der Waals surface area contributed by atoms with E-state index in [4.69, 9.17) is 5.84 Å². The summed E-state index contributed by atoms with van der Waals surface area (Å²) < 4.78 is 1.72. The fraction of sp³-hybridized carbons (Fsp3) is 0.143. The van der Waals surface area contributed by atoms with Gasteiger partial charge in [-0.05, 0) is 23.6 Å². The summed E-state index contributed by atoms with van der Waals surface area (Å²) in [5, 5.41) is 0. The van der Waals surface area contributed by atoms with E-state index in [-0.39, 0.29) is 0 Å². The average molecular weight is 152 g/mol. The first-order valence-corrected chi connectivity index (χ1v) is 4.08. The number of benzene rings is 1. The second-order valence-corrected chi connectivity index (χ2v) is 3.17. The molecule has 0 unspecified atom stereocenters. The summed E-state index contributed by atoms with van der Waals surface area (Å²) in [6.45, 7) is 0. The highest BCUT2D eigenvalue weighted by Crippen LogP contribution is 2.33. The van der Waals surface area contributed by atoms with Crippen molar-refractivity contribution in [1.29, 1.82) is 0 Å². The van der Waals surface area contributed by atoms with Crippen molar-refractivity contribution >= 4 is 17.6 Å². The van der Waals surface area contributed by atoms with Gasteiger partial charge < -0.3 is 0 Å². The zero-order valence-electron chi connectivity index (χ0n) is 5.45. The zero-order chi connectivity index (χ0) is 6.97. The van der Waals surface area contributed by atoms with E-state index >= 15 is 0 Å². The van der Waals surface area contributed by atoms with E-state index in [9.17, 15) is 0 Å². The van der Waals surface area contributed by atoms with Crippen molar-refractivity contribution in [3.05, 3.63) is 29.8 Å². The number of fused-ring (bicyclic) bond motifs is 1. The molecular formula is C7H8N2S. The average Bonchev–Trinajstić information content (AvgIpc) is 2.34. The number of para-hydroxylation sites is 1. The first-order chi connectivity index (χ1) is 4.88. The quantitative estimate of drug-likeness (QED) is 0.451. The summed E-state index contributed by atoms with van der Waals surface area (Å²) >= 11 is 1.64. The molecule has 2 N–H and O–H groups in total. The third-order valence-electron chi connectivity index (χ3n) is 1.59. The van der Waals surface area contributed by atoms with Crippen molar-refractivity contribution in [2.45, 2.75) is 5.75 Å². The van der Waals surface area contributed by atoms with Gasteiger partial charge >= 0.3 is 0 Å². The molecule has 0 atom stereocenters. The molecule has 0 aliphatic carbocycles. The number of hydrogen-bond donors (Lipinski definition) is 1. The fourth-order valence-electron chi connectivity index (χ4n) is 1.06. The van der Waals surface area contributed by atoms with Crippen molar-refractivity contribution in [3.63, 3.8) is 0 Å². The van der Waals surface area contributed by atoms with E-state index in [0.29, 0.717) is 0 Å².